The van der Waals surface area contributed by atoms with E-state index in [1.54, 1.807) is 0 Å². The van der Waals surface area contributed by atoms with Gasteiger partial charge in [-0.1, -0.05) is 68.4 Å². The summed E-state index contributed by atoms with van der Waals surface area (Å²) in [4.78, 5) is 8.04. The number of aromatic amines is 1. The Kier molecular flexibility index (Phi) is 4.00. The second-order valence-electron chi connectivity index (χ2n) is 10.6. The number of para-hydroxylation sites is 1. The predicted octanol–water partition coefficient (Wildman–Crippen LogP) is 8.63. The summed E-state index contributed by atoms with van der Waals surface area (Å²) in [6, 6.07) is 35.2. The number of fused-ring (bicyclic) bond motifs is 8. The van der Waals surface area contributed by atoms with Gasteiger partial charge in [0.25, 0.3) is 0 Å². The van der Waals surface area contributed by atoms with E-state index in [2.05, 4.69) is 119 Å². The molecule has 3 heteroatoms. The molecule has 0 saturated carbocycles. The van der Waals surface area contributed by atoms with Crippen LogP contribution in [0, 0.1) is 0 Å². The Morgan fingerprint density at radius 3 is 2.35 bits per heavy atom. The van der Waals surface area contributed by atoms with E-state index >= 15 is 0 Å². The van der Waals surface area contributed by atoms with Crippen LogP contribution in [0.25, 0.3) is 60.8 Å². The number of nitrogens with zero attached hydrogens (tertiary/aromatic N) is 2. The van der Waals surface area contributed by atoms with Gasteiger partial charge < -0.3 is 9.55 Å². The summed E-state index contributed by atoms with van der Waals surface area (Å²) in [5, 5.41) is 3.79. The second kappa shape index (κ2) is 7.21. The van der Waals surface area contributed by atoms with E-state index in [4.69, 9.17) is 0 Å². The first-order chi connectivity index (χ1) is 18.1. The van der Waals surface area contributed by atoms with Gasteiger partial charge in [-0.2, -0.15) is 0 Å². The van der Waals surface area contributed by atoms with Crippen LogP contribution in [0.4, 0.5) is 0 Å². The van der Waals surface area contributed by atoms with Crippen molar-refractivity contribution < 1.29 is 0 Å². The third-order valence-corrected chi connectivity index (χ3v) is 8.18. The molecule has 7 aromatic rings. The van der Waals surface area contributed by atoms with Gasteiger partial charge in [0.05, 0.1) is 11.2 Å². The van der Waals surface area contributed by atoms with Crippen molar-refractivity contribution in [2.24, 2.45) is 0 Å². The first kappa shape index (κ1) is 20.6. The van der Waals surface area contributed by atoms with Gasteiger partial charge in [-0.15, -0.1) is 0 Å². The largest absolute Gasteiger partial charge is 0.354 e. The number of benzene rings is 4. The average Bonchev–Trinajstić information content (AvgIpc) is 3.54. The van der Waals surface area contributed by atoms with E-state index in [1.807, 2.05) is 18.5 Å². The SMILES string of the molecule is CC1(C)c2ccccc2-c2c1c1cc3[nH]c4ccc(-c5cccnc5)cc4c3cc1n2-c1ccccc1. The lowest BCUT2D eigenvalue weighted by Gasteiger charge is -2.21. The number of hydrogen-bond acceptors (Lipinski definition) is 1. The van der Waals surface area contributed by atoms with E-state index in [0.717, 1.165) is 11.1 Å². The van der Waals surface area contributed by atoms with Crippen molar-refractivity contribution in [2.75, 3.05) is 0 Å². The van der Waals surface area contributed by atoms with Crippen molar-refractivity contribution in [3.8, 4) is 28.1 Å². The van der Waals surface area contributed by atoms with E-state index in [-0.39, 0.29) is 5.41 Å². The zero-order valence-electron chi connectivity index (χ0n) is 20.8. The molecular weight excluding hydrogens is 450 g/mol. The minimum atomic E-state index is -0.0859. The van der Waals surface area contributed by atoms with Gasteiger partial charge >= 0.3 is 0 Å². The zero-order chi connectivity index (χ0) is 24.7. The maximum absolute atomic E-state index is 4.33. The lowest BCUT2D eigenvalue weighted by Crippen LogP contribution is -2.14. The topological polar surface area (TPSA) is 33.6 Å². The van der Waals surface area contributed by atoms with E-state index in [9.17, 15) is 0 Å². The van der Waals surface area contributed by atoms with Crippen molar-refractivity contribution in [3.63, 3.8) is 0 Å². The van der Waals surface area contributed by atoms with Gasteiger partial charge in [-0.05, 0) is 59.2 Å². The zero-order valence-corrected chi connectivity index (χ0v) is 20.8. The highest BCUT2D eigenvalue weighted by atomic mass is 15.0. The fourth-order valence-electron chi connectivity index (χ4n) is 6.50. The molecule has 0 unspecified atom stereocenters. The molecule has 0 fully saturated rings. The molecule has 0 amide bonds. The van der Waals surface area contributed by atoms with Gasteiger partial charge in [0.1, 0.15) is 0 Å². The third kappa shape index (κ3) is 2.74. The number of rotatable bonds is 2. The number of aromatic nitrogens is 3. The molecule has 4 aromatic carbocycles. The van der Waals surface area contributed by atoms with Gasteiger partial charge in [-0.3, -0.25) is 4.98 Å². The van der Waals surface area contributed by atoms with Crippen LogP contribution in [0.3, 0.4) is 0 Å². The summed E-state index contributed by atoms with van der Waals surface area (Å²) in [6.07, 6.45) is 3.75. The van der Waals surface area contributed by atoms with Gasteiger partial charge in [0.15, 0.2) is 0 Å². The van der Waals surface area contributed by atoms with Crippen molar-refractivity contribution in [1.82, 2.24) is 14.5 Å². The average molecular weight is 476 g/mol. The van der Waals surface area contributed by atoms with E-state index < -0.39 is 0 Å². The van der Waals surface area contributed by atoms with Crippen molar-refractivity contribution >= 4 is 32.7 Å². The Morgan fingerprint density at radius 1 is 0.703 bits per heavy atom. The molecule has 0 atom stereocenters. The molecule has 3 aromatic heterocycles. The van der Waals surface area contributed by atoms with Crippen LogP contribution in [0.1, 0.15) is 25.0 Å². The standard InChI is InChI=1S/C34H25N3/c1-34(2)28-13-7-6-12-24(28)33-32(34)27-18-30-26(19-31(27)37(33)23-10-4-3-5-11-23)25-17-21(14-15-29(25)36-30)22-9-8-16-35-20-22/h3-20,36H,1-2H3. The monoisotopic (exact) mass is 475 g/mol. The Hall–Kier alpha value is -4.63. The van der Waals surface area contributed by atoms with E-state index in [0.29, 0.717) is 0 Å². The molecule has 8 rings (SSSR count). The lowest BCUT2D eigenvalue weighted by atomic mass is 9.81. The Morgan fingerprint density at radius 2 is 1.51 bits per heavy atom. The summed E-state index contributed by atoms with van der Waals surface area (Å²) in [5.74, 6) is 0. The summed E-state index contributed by atoms with van der Waals surface area (Å²) in [5.41, 5.74) is 12.4. The first-order valence-electron chi connectivity index (χ1n) is 12.8. The van der Waals surface area contributed by atoms with Crippen molar-refractivity contribution in [3.05, 3.63) is 121 Å². The molecule has 1 aliphatic rings. The fraction of sp³-hybridized carbons (Fsp3) is 0.0882. The van der Waals surface area contributed by atoms with Crippen molar-refractivity contribution in [2.45, 2.75) is 19.3 Å². The Balaban J connectivity index is 1.50. The molecule has 3 nitrogen and oxygen atoms in total. The summed E-state index contributed by atoms with van der Waals surface area (Å²) in [6.45, 7) is 4.73. The fourth-order valence-corrected chi connectivity index (χ4v) is 6.50. The molecule has 3 heterocycles. The number of H-pyrrole nitrogens is 1. The van der Waals surface area contributed by atoms with Crippen LogP contribution in [-0.2, 0) is 5.41 Å². The van der Waals surface area contributed by atoms with Crippen LogP contribution in [0.2, 0.25) is 0 Å². The first-order valence-corrected chi connectivity index (χ1v) is 12.8. The quantitative estimate of drug-likeness (QED) is 0.267. The van der Waals surface area contributed by atoms with Crippen molar-refractivity contribution in [1.29, 1.82) is 0 Å². The highest BCUT2D eigenvalue weighted by molar-refractivity contribution is 6.14. The summed E-state index contributed by atoms with van der Waals surface area (Å²) < 4.78 is 2.47. The van der Waals surface area contributed by atoms with Gasteiger partial charge in [0, 0.05) is 61.8 Å². The minimum Gasteiger partial charge on any atom is -0.354 e. The summed E-state index contributed by atoms with van der Waals surface area (Å²) in [7, 11) is 0. The van der Waals surface area contributed by atoms with E-state index in [1.165, 1.54) is 60.8 Å². The molecule has 0 radical (unpaired) electrons. The van der Waals surface area contributed by atoms with Crippen LogP contribution >= 0.6 is 0 Å². The molecule has 1 aliphatic carbocycles. The maximum Gasteiger partial charge on any atom is 0.0585 e. The molecule has 1 N–H and O–H groups in total. The third-order valence-electron chi connectivity index (χ3n) is 8.18. The second-order valence-corrected chi connectivity index (χ2v) is 10.6. The Labute approximate surface area is 215 Å². The number of pyridine rings is 1. The predicted molar refractivity (Wildman–Crippen MR) is 153 cm³/mol. The normalized spacial score (nSPS) is 13.9. The lowest BCUT2D eigenvalue weighted by molar-refractivity contribution is 0.666. The molecule has 0 saturated heterocycles. The molecule has 0 aliphatic heterocycles. The molecule has 0 spiro atoms. The van der Waals surface area contributed by atoms with Crippen LogP contribution < -0.4 is 0 Å². The molecule has 37 heavy (non-hydrogen) atoms. The highest BCUT2D eigenvalue weighted by Gasteiger charge is 2.40. The van der Waals surface area contributed by atoms with Crippen LogP contribution in [0.5, 0.6) is 0 Å². The molecular formula is C34H25N3. The minimum absolute atomic E-state index is 0.0859. The number of hydrogen-bond donors (Lipinski definition) is 1. The van der Waals surface area contributed by atoms with Gasteiger partial charge in [0.2, 0.25) is 0 Å². The molecule has 176 valence electrons. The van der Waals surface area contributed by atoms with Gasteiger partial charge in [-0.25, -0.2) is 0 Å². The smallest absolute Gasteiger partial charge is 0.0585 e. The number of nitrogens with one attached hydrogen (secondary N) is 1. The summed E-state index contributed by atoms with van der Waals surface area (Å²) >= 11 is 0. The van der Waals surface area contributed by atoms with Crippen LogP contribution in [0.15, 0.2) is 109 Å². The Bertz CT molecular complexity index is 1990. The maximum atomic E-state index is 4.33. The highest BCUT2D eigenvalue weighted by Crippen LogP contribution is 2.54. The molecule has 0 bridgehead atoms. The van der Waals surface area contributed by atoms with Crippen LogP contribution in [-0.4, -0.2) is 14.5 Å².